The second kappa shape index (κ2) is 6.83. The molecule has 0 aromatic rings. The van der Waals surface area contributed by atoms with Crippen LogP contribution in [-0.4, -0.2) is 45.9 Å². The zero-order chi connectivity index (χ0) is 15.4. The van der Waals surface area contributed by atoms with Crippen molar-refractivity contribution in [1.29, 1.82) is 0 Å². The van der Waals surface area contributed by atoms with Gasteiger partial charge < -0.3 is 5.11 Å². The van der Waals surface area contributed by atoms with E-state index in [4.69, 9.17) is 0 Å². The molecule has 0 bridgehead atoms. The smallest absolute Gasteiger partial charge is 0.320 e. The van der Waals surface area contributed by atoms with Crippen molar-refractivity contribution in [1.82, 2.24) is 10.2 Å². The molecule has 1 heterocycles. The summed E-state index contributed by atoms with van der Waals surface area (Å²) in [5, 5.41) is 12.0. The normalized spacial score (nSPS) is 22.4. The topological polar surface area (TPSA) is 86.7 Å². The van der Waals surface area contributed by atoms with Crippen LogP contribution in [0.3, 0.4) is 0 Å². The maximum absolute atomic E-state index is 12.2. The number of hydrogen-bond donors (Lipinski definition) is 2. The summed E-state index contributed by atoms with van der Waals surface area (Å²) in [6.07, 6.45) is 1.17. The van der Waals surface area contributed by atoms with Crippen LogP contribution in [-0.2, 0) is 14.4 Å². The zero-order valence-electron chi connectivity index (χ0n) is 12.5. The molecule has 1 fully saturated rings. The molecule has 0 saturated carbocycles. The maximum atomic E-state index is 12.2. The molecule has 20 heavy (non-hydrogen) atoms. The summed E-state index contributed by atoms with van der Waals surface area (Å²) in [5.74, 6) is -1.32. The number of nitrogens with one attached hydrogen (secondary N) is 1. The Hall–Kier alpha value is -1.43. The summed E-state index contributed by atoms with van der Waals surface area (Å²) in [7, 11) is 0. The monoisotopic (exact) mass is 284 g/mol. The number of nitrogens with zero attached hydrogens (tertiary/aromatic N) is 1. The van der Waals surface area contributed by atoms with Crippen molar-refractivity contribution in [3.05, 3.63) is 0 Å². The molecule has 2 N–H and O–H groups in total. The Balaban J connectivity index is 2.75. The minimum absolute atomic E-state index is 0.0467. The maximum Gasteiger partial charge on any atom is 0.320 e. The van der Waals surface area contributed by atoms with Gasteiger partial charge in [0.15, 0.2) is 0 Å². The number of imide groups is 1. The molecule has 3 atom stereocenters. The molecule has 1 aliphatic heterocycles. The first kappa shape index (κ1) is 16.6. The van der Waals surface area contributed by atoms with Crippen LogP contribution in [0.1, 0.15) is 47.0 Å². The van der Waals surface area contributed by atoms with Gasteiger partial charge >= 0.3 is 5.97 Å². The van der Waals surface area contributed by atoms with Crippen molar-refractivity contribution < 1.29 is 19.5 Å². The highest BCUT2D eigenvalue weighted by atomic mass is 16.4. The van der Waals surface area contributed by atoms with Gasteiger partial charge in [0.1, 0.15) is 6.04 Å². The lowest BCUT2D eigenvalue weighted by Crippen LogP contribution is -2.48. The second-order valence-electron chi connectivity index (χ2n) is 5.80. The zero-order valence-corrected chi connectivity index (χ0v) is 12.5. The average Bonchev–Trinajstić information content (AvgIpc) is 2.62. The molecule has 3 unspecified atom stereocenters. The van der Waals surface area contributed by atoms with Crippen LogP contribution in [0.2, 0.25) is 0 Å². The Kier molecular flexibility index (Phi) is 5.68. The quantitative estimate of drug-likeness (QED) is 0.681. The lowest BCUT2D eigenvalue weighted by molar-refractivity contribution is -0.141. The Bertz CT molecular complexity index is 395. The fourth-order valence-corrected chi connectivity index (χ4v) is 2.38. The predicted molar refractivity (Wildman–Crippen MR) is 74.0 cm³/mol. The fourth-order valence-electron chi connectivity index (χ4n) is 2.38. The minimum atomic E-state index is -0.985. The van der Waals surface area contributed by atoms with Gasteiger partial charge in [-0.3, -0.25) is 24.6 Å². The number of rotatable bonds is 7. The van der Waals surface area contributed by atoms with Crippen LogP contribution in [0.15, 0.2) is 0 Å². The molecular weight excluding hydrogens is 260 g/mol. The number of aliphatic carboxylic acids is 1. The molecule has 2 amide bonds. The lowest BCUT2D eigenvalue weighted by Gasteiger charge is -2.23. The van der Waals surface area contributed by atoms with Crippen molar-refractivity contribution in [2.24, 2.45) is 5.92 Å². The minimum Gasteiger partial charge on any atom is -0.480 e. The van der Waals surface area contributed by atoms with Gasteiger partial charge in [-0.25, -0.2) is 0 Å². The molecule has 0 spiro atoms. The van der Waals surface area contributed by atoms with Crippen LogP contribution < -0.4 is 5.32 Å². The van der Waals surface area contributed by atoms with Gasteiger partial charge in [-0.2, -0.15) is 0 Å². The van der Waals surface area contributed by atoms with E-state index in [1.807, 2.05) is 27.7 Å². The molecule has 1 aliphatic rings. The average molecular weight is 284 g/mol. The van der Waals surface area contributed by atoms with E-state index in [-0.39, 0.29) is 30.2 Å². The van der Waals surface area contributed by atoms with E-state index in [0.717, 1.165) is 0 Å². The van der Waals surface area contributed by atoms with Gasteiger partial charge in [0.25, 0.3) is 0 Å². The third kappa shape index (κ3) is 3.79. The van der Waals surface area contributed by atoms with Gasteiger partial charge in [-0.15, -0.1) is 0 Å². The Morgan fingerprint density at radius 3 is 2.45 bits per heavy atom. The van der Waals surface area contributed by atoms with Crippen molar-refractivity contribution in [2.45, 2.75) is 65.1 Å². The first-order chi connectivity index (χ1) is 9.27. The molecule has 0 aromatic heterocycles. The third-order valence-corrected chi connectivity index (χ3v) is 3.62. The molecule has 6 heteroatoms. The Labute approximate surface area is 119 Å². The first-order valence-electron chi connectivity index (χ1n) is 7.12. The lowest BCUT2D eigenvalue weighted by atomic mass is 10.0. The van der Waals surface area contributed by atoms with E-state index in [2.05, 4.69) is 5.32 Å². The molecule has 1 rings (SSSR count). The SMILES string of the molecule is CCC(C)N1C(=O)CC(NC(CC(C)C)C(=O)O)C1=O. The van der Waals surface area contributed by atoms with E-state index < -0.39 is 18.1 Å². The van der Waals surface area contributed by atoms with Crippen LogP contribution >= 0.6 is 0 Å². The molecule has 6 nitrogen and oxygen atoms in total. The summed E-state index contributed by atoms with van der Waals surface area (Å²) in [5.41, 5.74) is 0. The van der Waals surface area contributed by atoms with Gasteiger partial charge in [0, 0.05) is 6.04 Å². The van der Waals surface area contributed by atoms with Crippen molar-refractivity contribution in [3.8, 4) is 0 Å². The third-order valence-electron chi connectivity index (χ3n) is 3.62. The molecule has 0 aliphatic carbocycles. The van der Waals surface area contributed by atoms with Crippen LogP contribution in [0, 0.1) is 5.92 Å². The number of amides is 2. The van der Waals surface area contributed by atoms with Gasteiger partial charge in [-0.05, 0) is 25.7 Å². The fraction of sp³-hybridized carbons (Fsp3) is 0.786. The molecular formula is C14H24N2O4. The summed E-state index contributed by atoms with van der Waals surface area (Å²) >= 11 is 0. The highest BCUT2D eigenvalue weighted by Gasteiger charge is 2.42. The standard InChI is InChI=1S/C14H24N2O4/c1-5-9(4)16-12(17)7-10(13(16)18)15-11(14(19)20)6-8(2)3/h8-11,15H,5-7H2,1-4H3,(H,19,20). The van der Waals surface area contributed by atoms with Crippen LogP contribution in [0.4, 0.5) is 0 Å². The summed E-state index contributed by atoms with van der Waals surface area (Å²) in [4.78, 5) is 36.6. The van der Waals surface area contributed by atoms with E-state index in [1.54, 1.807) is 0 Å². The summed E-state index contributed by atoms with van der Waals surface area (Å²) < 4.78 is 0. The molecule has 0 radical (unpaired) electrons. The van der Waals surface area contributed by atoms with E-state index in [1.165, 1.54) is 4.90 Å². The van der Waals surface area contributed by atoms with Crippen LogP contribution in [0.5, 0.6) is 0 Å². The van der Waals surface area contributed by atoms with E-state index in [0.29, 0.717) is 12.8 Å². The van der Waals surface area contributed by atoms with Crippen molar-refractivity contribution in [3.63, 3.8) is 0 Å². The predicted octanol–water partition coefficient (Wildman–Crippen LogP) is 1.00. The number of hydrogen-bond acceptors (Lipinski definition) is 4. The highest BCUT2D eigenvalue weighted by molar-refractivity contribution is 6.06. The van der Waals surface area contributed by atoms with E-state index in [9.17, 15) is 19.5 Å². The summed E-state index contributed by atoms with van der Waals surface area (Å²) in [6.45, 7) is 7.57. The van der Waals surface area contributed by atoms with E-state index >= 15 is 0 Å². The van der Waals surface area contributed by atoms with Crippen molar-refractivity contribution in [2.75, 3.05) is 0 Å². The Morgan fingerprint density at radius 1 is 1.40 bits per heavy atom. The second-order valence-corrected chi connectivity index (χ2v) is 5.80. The number of carbonyl (C=O) groups excluding carboxylic acids is 2. The number of carboxylic acids is 1. The largest absolute Gasteiger partial charge is 0.480 e. The van der Waals surface area contributed by atoms with Crippen molar-refractivity contribution >= 4 is 17.8 Å². The molecule has 114 valence electrons. The van der Waals surface area contributed by atoms with Gasteiger partial charge in [0.2, 0.25) is 11.8 Å². The Morgan fingerprint density at radius 2 is 2.00 bits per heavy atom. The summed E-state index contributed by atoms with van der Waals surface area (Å²) in [6, 6.07) is -1.65. The van der Waals surface area contributed by atoms with Crippen LogP contribution in [0.25, 0.3) is 0 Å². The molecule has 1 saturated heterocycles. The first-order valence-corrected chi connectivity index (χ1v) is 7.12. The van der Waals surface area contributed by atoms with Gasteiger partial charge in [-0.1, -0.05) is 20.8 Å². The number of carboxylic acid groups (broad SMARTS) is 1. The number of carbonyl (C=O) groups is 3. The molecule has 0 aromatic carbocycles. The van der Waals surface area contributed by atoms with Gasteiger partial charge in [0.05, 0.1) is 12.5 Å². The highest BCUT2D eigenvalue weighted by Crippen LogP contribution is 2.19. The number of likely N-dealkylation sites (tertiary alicyclic amines) is 1.